The fraction of sp³-hybridized carbons (Fsp3) is 0.455. The standard InChI is InChI=1S/C22H28O2/c1-2-3-13-24-22-11-9-19(10-12-22)15-21-17-23-16-20(21)14-18-7-5-4-6-8-18/h4-12,20-21H,2-3,13-17H2,1H3/t20-,21-/m0/s1. The zero-order valence-corrected chi connectivity index (χ0v) is 14.6. The molecule has 0 aliphatic carbocycles. The van der Waals surface area contributed by atoms with Crippen LogP contribution in [0.5, 0.6) is 5.75 Å². The van der Waals surface area contributed by atoms with Crippen LogP contribution >= 0.6 is 0 Å². The van der Waals surface area contributed by atoms with Gasteiger partial charge in [0.1, 0.15) is 5.75 Å². The van der Waals surface area contributed by atoms with Crippen molar-refractivity contribution in [3.05, 3.63) is 65.7 Å². The Kier molecular flexibility index (Phi) is 6.31. The molecular weight excluding hydrogens is 296 g/mol. The smallest absolute Gasteiger partial charge is 0.119 e. The molecule has 0 unspecified atom stereocenters. The van der Waals surface area contributed by atoms with Crippen molar-refractivity contribution in [3.63, 3.8) is 0 Å². The molecule has 128 valence electrons. The summed E-state index contributed by atoms with van der Waals surface area (Å²) in [4.78, 5) is 0. The van der Waals surface area contributed by atoms with Crippen LogP contribution in [0.1, 0.15) is 30.9 Å². The van der Waals surface area contributed by atoms with Gasteiger partial charge in [0.25, 0.3) is 0 Å². The lowest BCUT2D eigenvalue weighted by atomic mass is 9.85. The molecule has 1 heterocycles. The van der Waals surface area contributed by atoms with Gasteiger partial charge in [0, 0.05) is 0 Å². The first-order valence-corrected chi connectivity index (χ1v) is 9.18. The molecule has 0 aromatic heterocycles. The molecule has 1 saturated heterocycles. The summed E-state index contributed by atoms with van der Waals surface area (Å²) in [5.74, 6) is 2.21. The molecule has 2 nitrogen and oxygen atoms in total. The molecule has 0 saturated carbocycles. The molecule has 2 heteroatoms. The predicted molar refractivity (Wildman–Crippen MR) is 98.5 cm³/mol. The van der Waals surface area contributed by atoms with Crippen LogP contribution in [-0.4, -0.2) is 19.8 Å². The normalized spacial score (nSPS) is 20.2. The summed E-state index contributed by atoms with van der Waals surface area (Å²) in [5, 5.41) is 0. The number of benzene rings is 2. The SMILES string of the molecule is CCCCOc1ccc(C[C@H]2COC[C@@H]2Cc2ccccc2)cc1. The average Bonchev–Trinajstić information content (AvgIpc) is 3.04. The lowest BCUT2D eigenvalue weighted by Crippen LogP contribution is -2.17. The van der Waals surface area contributed by atoms with Gasteiger partial charge >= 0.3 is 0 Å². The maximum atomic E-state index is 5.78. The van der Waals surface area contributed by atoms with Gasteiger partial charge in [-0.2, -0.15) is 0 Å². The summed E-state index contributed by atoms with van der Waals surface area (Å²) in [6.45, 7) is 4.76. The van der Waals surface area contributed by atoms with Gasteiger partial charge in [-0.05, 0) is 54.4 Å². The van der Waals surface area contributed by atoms with Gasteiger partial charge in [0.2, 0.25) is 0 Å². The monoisotopic (exact) mass is 324 g/mol. The van der Waals surface area contributed by atoms with Crippen molar-refractivity contribution in [2.45, 2.75) is 32.6 Å². The molecule has 2 aromatic carbocycles. The first-order chi connectivity index (χ1) is 11.8. The molecule has 2 aromatic rings. The second-order valence-electron chi connectivity index (χ2n) is 6.80. The second kappa shape index (κ2) is 8.89. The van der Waals surface area contributed by atoms with Gasteiger partial charge in [-0.15, -0.1) is 0 Å². The first-order valence-electron chi connectivity index (χ1n) is 9.18. The van der Waals surface area contributed by atoms with E-state index in [0.717, 1.165) is 44.8 Å². The highest BCUT2D eigenvalue weighted by molar-refractivity contribution is 5.28. The summed E-state index contributed by atoms with van der Waals surface area (Å²) in [6, 6.07) is 19.4. The van der Waals surface area contributed by atoms with Crippen molar-refractivity contribution in [1.82, 2.24) is 0 Å². The van der Waals surface area contributed by atoms with Gasteiger partial charge in [-0.3, -0.25) is 0 Å². The molecular formula is C22H28O2. The molecule has 0 N–H and O–H groups in total. The van der Waals surface area contributed by atoms with E-state index in [1.807, 2.05) is 0 Å². The highest BCUT2D eigenvalue weighted by atomic mass is 16.5. The lowest BCUT2D eigenvalue weighted by Gasteiger charge is -2.18. The zero-order chi connectivity index (χ0) is 16.6. The van der Waals surface area contributed by atoms with Crippen LogP contribution in [-0.2, 0) is 17.6 Å². The van der Waals surface area contributed by atoms with E-state index in [0.29, 0.717) is 11.8 Å². The Morgan fingerprint density at radius 1 is 0.875 bits per heavy atom. The fourth-order valence-electron chi connectivity index (χ4n) is 3.37. The number of ether oxygens (including phenoxy) is 2. The quantitative estimate of drug-likeness (QED) is 0.642. The number of hydrogen-bond donors (Lipinski definition) is 0. The molecule has 2 atom stereocenters. The summed E-state index contributed by atoms with van der Waals surface area (Å²) in [7, 11) is 0. The van der Waals surface area contributed by atoms with Crippen molar-refractivity contribution < 1.29 is 9.47 Å². The predicted octanol–water partition coefficient (Wildman–Crippen LogP) is 4.91. The Balaban J connectivity index is 1.54. The van der Waals surface area contributed by atoms with Crippen LogP contribution in [0.2, 0.25) is 0 Å². The van der Waals surface area contributed by atoms with E-state index in [1.54, 1.807) is 0 Å². The van der Waals surface area contributed by atoms with Crippen molar-refractivity contribution in [3.8, 4) is 5.75 Å². The molecule has 1 aliphatic rings. The zero-order valence-electron chi connectivity index (χ0n) is 14.6. The van der Waals surface area contributed by atoms with E-state index in [9.17, 15) is 0 Å². The minimum absolute atomic E-state index is 0.608. The van der Waals surface area contributed by atoms with Gasteiger partial charge in [0.05, 0.1) is 19.8 Å². The second-order valence-corrected chi connectivity index (χ2v) is 6.80. The summed E-state index contributed by atoms with van der Waals surface area (Å²) in [5.41, 5.74) is 2.80. The van der Waals surface area contributed by atoms with E-state index in [4.69, 9.17) is 9.47 Å². The maximum Gasteiger partial charge on any atom is 0.119 e. The Morgan fingerprint density at radius 3 is 2.12 bits per heavy atom. The van der Waals surface area contributed by atoms with Crippen molar-refractivity contribution in [1.29, 1.82) is 0 Å². The third-order valence-electron chi connectivity index (χ3n) is 4.86. The highest BCUT2D eigenvalue weighted by Crippen LogP contribution is 2.28. The van der Waals surface area contributed by atoms with Crippen LogP contribution in [0.25, 0.3) is 0 Å². The van der Waals surface area contributed by atoms with Gasteiger partial charge in [-0.1, -0.05) is 55.8 Å². The average molecular weight is 324 g/mol. The number of unbranched alkanes of at least 4 members (excludes halogenated alkanes) is 1. The molecule has 0 amide bonds. The Hall–Kier alpha value is -1.80. The van der Waals surface area contributed by atoms with E-state index < -0.39 is 0 Å². The molecule has 3 rings (SSSR count). The van der Waals surface area contributed by atoms with E-state index in [1.165, 1.54) is 17.5 Å². The first kappa shape index (κ1) is 17.0. The molecule has 0 spiro atoms. The maximum absolute atomic E-state index is 5.78. The van der Waals surface area contributed by atoms with Gasteiger partial charge < -0.3 is 9.47 Å². The van der Waals surface area contributed by atoms with Gasteiger partial charge in [0.15, 0.2) is 0 Å². The van der Waals surface area contributed by atoms with Crippen LogP contribution in [0.4, 0.5) is 0 Å². The minimum atomic E-state index is 0.608. The fourth-order valence-corrected chi connectivity index (χ4v) is 3.37. The van der Waals surface area contributed by atoms with E-state index in [2.05, 4.69) is 61.5 Å². The number of hydrogen-bond acceptors (Lipinski definition) is 2. The van der Waals surface area contributed by atoms with E-state index in [-0.39, 0.29) is 0 Å². The van der Waals surface area contributed by atoms with Crippen molar-refractivity contribution in [2.75, 3.05) is 19.8 Å². The van der Waals surface area contributed by atoms with Crippen LogP contribution in [0, 0.1) is 11.8 Å². The third kappa shape index (κ3) is 4.85. The van der Waals surface area contributed by atoms with Gasteiger partial charge in [-0.25, -0.2) is 0 Å². The van der Waals surface area contributed by atoms with Crippen LogP contribution in [0.3, 0.4) is 0 Å². The van der Waals surface area contributed by atoms with Crippen LogP contribution < -0.4 is 4.74 Å². The molecule has 0 bridgehead atoms. The van der Waals surface area contributed by atoms with Crippen molar-refractivity contribution >= 4 is 0 Å². The topological polar surface area (TPSA) is 18.5 Å². The van der Waals surface area contributed by atoms with Crippen LogP contribution in [0.15, 0.2) is 54.6 Å². The molecule has 1 fully saturated rings. The third-order valence-corrected chi connectivity index (χ3v) is 4.86. The lowest BCUT2D eigenvalue weighted by molar-refractivity contribution is 0.180. The summed E-state index contributed by atoms with van der Waals surface area (Å²) in [6.07, 6.45) is 4.49. The Labute approximate surface area is 145 Å². The van der Waals surface area contributed by atoms with Crippen molar-refractivity contribution in [2.24, 2.45) is 11.8 Å². The number of rotatable bonds is 8. The highest BCUT2D eigenvalue weighted by Gasteiger charge is 2.28. The summed E-state index contributed by atoms with van der Waals surface area (Å²) >= 11 is 0. The molecule has 0 radical (unpaired) electrons. The summed E-state index contributed by atoms with van der Waals surface area (Å²) < 4.78 is 11.5. The molecule has 24 heavy (non-hydrogen) atoms. The van der Waals surface area contributed by atoms with E-state index >= 15 is 0 Å². The molecule has 1 aliphatic heterocycles. The largest absolute Gasteiger partial charge is 0.494 e. The minimum Gasteiger partial charge on any atom is -0.494 e. The Morgan fingerprint density at radius 2 is 1.50 bits per heavy atom. The Bertz CT molecular complexity index is 591.